The molecule has 2 saturated heterocycles. The van der Waals surface area contributed by atoms with E-state index in [9.17, 15) is 9.90 Å². The van der Waals surface area contributed by atoms with Crippen LogP contribution in [0.5, 0.6) is 0 Å². The zero-order valence-corrected chi connectivity index (χ0v) is 18.4. The lowest BCUT2D eigenvalue weighted by Crippen LogP contribution is -2.44. The highest BCUT2D eigenvalue weighted by Gasteiger charge is 2.33. The van der Waals surface area contributed by atoms with Gasteiger partial charge in [-0.15, -0.1) is 0 Å². The number of carbonyl (C=O) groups is 1. The van der Waals surface area contributed by atoms with Crippen molar-refractivity contribution in [2.75, 3.05) is 32.8 Å². The Balaban J connectivity index is 1.37. The second kappa shape index (κ2) is 8.84. The van der Waals surface area contributed by atoms with E-state index >= 15 is 0 Å². The lowest BCUT2D eigenvalue weighted by molar-refractivity contribution is -0.143. The summed E-state index contributed by atoms with van der Waals surface area (Å²) < 4.78 is 8.02. The number of likely N-dealkylation sites (tertiary alicyclic amines) is 1. The molecule has 8 heteroatoms. The molecule has 4 heterocycles. The smallest absolute Gasteiger partial charge is 0.225 e. The summed E-state index contributed by atoms with van der Waals surface area (Å²) in [4.78, 5) is 22.0. The fraction of sp³-hybridized carbons (Fsp3) is 0.696. The molecule has 0 spiro atoms. The number of morpholine rings is 1. The highest BCUT2D eigenvalue weighted by atomic mass is 16.5. The van der Waals surface area contributed by atoms with Crippen LogP contribution >= 0.6 is 0 Å². The highest BCUT2D eigenvalue weighted by Crippen LogP contribution is 2.30. The molecular weight excluding hydrogens is 394 g/mol. The summed E-state index contributed by atoms with van der Waals surface area (Å²) >= 11 is 0. The van der Waals surface area contributed by atoms with Crippen molar-refractivity contribution in [3.63, 3.8) is 0 Å². The van der Waals surface area contributed by atoms with E-state index in [2.05, 4.69) is 9.88 Å². The molecule has 2 aliphatic heterocycles. The molecule has 1 amide bonds. The number of aromatic nitrogens is 3. The van der Waals surface area contributed by atoms with E-state index in [1.807, 2.05) is 28.6 Å². The van der Waals surface area contributed by atoms with Crippen molar-refractivity contribution in [2.45, 2.75) is 64.2 Å². The molecule has 3 fully saturated rings. The Morgan fingerprint density at radius 2 is 1.97 bits per heavy atom. The van der Waals surface area contributed by atoms with Gasteiger partial charge >= 0.3 is 0 Å². The summed E-state index contributed by atoms with van der Waals surface area (Å²) in [6.07, 6.45) is 7.48. The lowest BCUT2D eigenvalue weighted by Gasteiger charge is -2.34. The third-order valence-corrected chi connectivity index (χ3v) is 7.20. The van der Waals surface area contributed by atoms with E-state index in [0.717, 1.165) is 67.9 Å². The first-order valence-corrected chi connectivity index (χ1v) is 11.7. The molecule has 31 heavy (non-hydrogen) atoms. The van der Waals surface area contributed by atoms with Gasteiger partial charge in [-0.2, -0.15) is 5.10 Å². The first-order chi connectivity index (χ1) is 15.1. The predicted molar refractivity (Wildman–Crippen MR) is 115 cm³/mol. The van der Waals surface area contributed by atoms with Crippen LogP contribution in [-0.4, -0.2) is 74.3 Å². The average molecular weight is 428 g/mol. The van der Waals surface area contributed by atoms with Gasteiger partial charge in [0.15, 0.2) is 5.65 Å². The minimum absolute atomic E-state index is 0.177. The number of fused-ring (bicyclic) bond motifs is 1. The van der Waals surface area contributed by atoms with E-state index < -0.39 is 0 Å². The number of aryl methyl sites for hydroxylation is 1. The average Bonchev–Trinajstić information content (AvgIpc) is 3.43. The second-order valence-electron chi connectivity index (χ2n) is 9.30. The number of nitrogens with zero attached hydrogens (tertiary/aromatic N) is 5. The van der Waals surface area contributed by atoms with Gasteiger partial charge in [0.2, 0.25) is 5.91 Å². The highest BCUT2D eigenvalue weighted by molar-refractivity contribution is 5.79. The fourth-order valence-electron chi connectivity index (χ4n) is 5.30. The maximum atomic E-state index is 13.0. The van der Waals surface area contributed by atoms with Crippen molar-refractivity contribution >= 4 is 11.6 Å². The number of amides is 1. The Kier molecular flexibility index (Phi) is 5.95. The van der Waals surface area contributed by atoms with Crippen molar-refractivity contribution in [1.82, 2.24) is 24.4 Å². The SMILES string of the molecule is Cc1nn2c([C@@H]3CN(C(=O)C4CCCC4)CCO3)ccnc2c1CN1CCC(O)CC1. The third-order valence-electron chi connectivity index (χ3n) is 7.20. The van der Waals surface area contributed by atoms with Crippen LogP contribution in [-0.2, 0) is 16.1 Å². The van der Waals surface area contributed by atoms with Crippen LogP contribution in [0.1, 0.15) is 61.6 Å². The molecule has 8 nitrogen and oxygen atoms in total. The molecule has 168 valence electrons. The molecule has 2 aromatic heterocycles. The van der Waals surface area contributed by atoms with Crippen molar-refractivity contribution in [2.24, 2.45) is 5.92 Å². The minimum atomic E-state index is -0.193. The molecule has 1 saturated carbocycles. The van der Waals surface area contributed by atoms with E-state index in [1.54, 1.807) is 0 Å². The van der Waals surface area contributed by atoms with Crippen molar-refractivity contribution in [3.8, 4) is 0 Å². The van der Waals surface area contributed by atoms with Gasteiger partial charge in [0, 0.05) is 43.9 Å². The Bertz CT molecular complexity index is 931. The number of ether oxygens (including phenoxy) is 1. The topological polar surface area (TPSA) is 83.2 Å². The fourth-order valence-corrected chi connectivity index (χ4v) is 5.30. The van der Waals surface area contributed by atoms with Gasteiger partial charge in [-0.05, 0) is 38.7 Å². The number of aliphatic hydroxyl groups is 1. The van der Waals surface area contributed by atoms with Crippen LogP contribution < -0.4 is 0 Å². The summed E-state index contributed by atoms with van der Waals surface area (Å²) in [7, 11) is 0. The van der Waals surface area contributed by atoms with Gasteiger partial charge < -0.3 is 14.7 Å². The zero-order valence-electron chi connectivity index (χ0n) is 18.4. The molecule has 1 atom stereocenters. The minimum Gasteiger partial charge on any atom is -0.393 e. The standard InChI is InChI=1S/C23H33N5O3/c1-16-19(14-26-10-7-18(29)8-11-26)22-24-9-6-20(28(22)25-16)21-15-27(12-13-31-21)23(30)17-4-2-3-5-17/h6,9,17-18,21,29H,2-5,7-8,10-15H2,1H3/t21-/m0/s1. The predicted octanol–water partition coefficient (Wildman–Crippen LogP) is 2.08. The number of carbonyl (C=O) groups excluding carboxylic acids is 1. The van der Waals surface area contributed by atoms with Crippen LogP contribution in [0.3, 0.4) is 0 Å². The molecule has 0 radical (unpaired) electrons. The van der Waals surface area contributed by atoms with Crippen LogP contribution in [0.4, 0.5) is 0 Å². The number of rotatable bonds is 4. The van der Waals surface area contributed by atoms with Crippen molar-refractivity contribution in [1.29, 1.82) is 0 Å². The molecule has 0 unspecified atom stereocenters. The van der Waals surface area contributed by atoms with Crippen LogP contribution in [0, 0.1) is 12.8 Å². The summed E-state index contributed by atoms with van der Waals surface area (Å²) in [5, 5.41) is 14.6. The van der Waals surface area contributed by atoms with E-state index in [0.29, 0.717) is 25.6 Å². The molecular formula is C23H33N5O3. The molecule has 1 N–H and O–H groups in total. The van der Waals surface area contributed by atoms with Gasteiger partial charge in [0.05, 0.1) is 30.6 Å². The van der Waals surface area contributed by atoms with Gasteiger partial charge in [0.25, 0.3) is 0 Å². The normalized spacial score (nSPS) is 24.3. The quantitative estimate of drug-likeness (QED) is 0.805. The first-order valence-electron chi connectivity index (χ1n) is 11.7. The van der Waals surface area contributed by atoms with Crippen molar-refractivity contribution < 1.29 is 14.6 Å². The van der Waals surface area contributed by atoms with E-state index in [4.69, 9.17) is 9.84 Å². The summed E-state index contributed by atoms with van der Waals surface area (Å²) in [5.74, 6) is 0.485. The summed E-state index contributed by atoms with van der Waals surface area (Å²) in [6.45, 7) is 6.40. The Labute approximate surface area is 183 Å². The molecule has 2 aromatic rings. The van der Waals surface area contributed by atoms with Crippen LogP contribution in [0.15, 0.2) is 12.3 Å². The van der Waals surface area contributed by atoms with Gasteiger partial charge in [-0.3, -0.25) is 9.69 Å². The number of hydrogen-bond acceptors (Lipinski definition) is 6. The zero-order chi connectivity index (χ0) is 21.4. The van der Waals surface area contributed by atoms with E-state index in [-0.39, 0.29) is 18.1 Å². The number of piperidine rings is 1. The van der Waals surface area contributed by atoms with Crippen molar-refractivity contribution in [3.05, 3.63) is 29.2 Å². The number of aliphatic hydroxyl groups excluding tert-OH is 1. The maximum absolute atomic E-state index is 13.0. The van der Waals surface area contributed by atoms with Gasteiger partial charge in [0.1, 0.15) is 6.10 Å². The Morgan fingerprint density at radius 3 is 2.74 bits per heavy atom. The molecule has 0 aromatic carbocycles. The number of hydrogen-bond donors (Lipinski definition) is 1. The summed E-state index contributed by atoms with van der Waals surface area (Å²) in [5.41, 5.74) is 3.93. The molecule has 5 rings (SSSR count). The monoisotopic (exact) mass is 427 g/mol. The largest absolute Gasteiger partial charge is 0.393 e. The van der Waals surface area contributed by atoms with Crippen LogP contribution in [0.25, 0.3) is 5.65 Å². The molecule has 0 bridgehead atoms. The maximum Gasteiger partial charge on any atom is 0.225 e. The Hall–Kier alpha value is -2.03. The first kappa shape index (κ1) is 20.8. The third kappa shape index (κ3) is 4.21. The summed E-state index contributed by atoms with van der Waals surface area (Å²) in [6, 6.07) is 1.97. The Morgan fingerprint density at radius 1 is 1.19 bits per heavy atom. The molecule has 3 aliphatic rings. The lowest BCUT2D eigenvalue weighted by atomic mass is 10.1. The van der Waals surface area contributed by atoms with Gasteiger partial charge in [-0.1, -0.05) is 12.8 Å². The second-order valence-corrected chi connectivity index (χ2v) is 9.30. The molecule has 1 aliphatic carbocycles. The van der Waals surface area contributed by atoms with E-state index in [1.165, 1.54) is 12.8 Å². The van der Waals surface area contributed by atoms with Gasteiger partial charge in [-0.25, -0.2) is 9.50 Å². The van der Waals surface area contributed by atoms with Crippen LogP contribution in [0.2, 0.25) is 0 Å².